The number of nitrogens with one attached hydrogen (secondary N) is 4. The van der Waals surface area contributed by atoms with Crippen molar-refractivity contribution in [3.8, 4) is 0 Å². The minimum Gasteiger partial charge on any atom is -0.481 e. The molecular formula is C26H60N4O11. The molecule has 0 aromatic heterocycles. The van der Waals surface area contributed by atoms with E-state index in [9.17, 15) is 24.0 Å². The summed E-state index contributed by atoms with van der Waals surface area (Å²) in [6, 6.07) is 0. The minimum atomic E-state index is -0.982. The molecule has 1 atom stereocenters. The highest BCUT2D eigenvalue weighted by Crippen LogP contribution is 2.05. The summed E-state index contributed by atoms with van der Waals surface area (Å²) in [6.45, 7) is 5.15. The standard InChI is InChI=1S/C20H36N4O11.6CH4/c1-4-31-17(27)21-7-9-23-19(29)34-12-15(33-11-6-14(3)16(25)26)13-35-20(30)24-10-8-22-18(28)32-5-2;;;;;;/h14-15H,4-13H2,1-3H3,(H,21,27)(H,22,28)(H,23,29)(H,24,30)(H,25,26);6*1H4. The summed E-state index contributed by atoms with van der Waals surface area (Å²) >= 11 is 0. The fourth-order valence-electron chi connectivity index (χ4n) is 2.14. The summed E-state index contributed by atoms with van der Waals surface area (Å²) in [5.74, 6) is -1.63. The van der Waals surface area contributed by atoms with Crippen LogP contribution in [0.5, 0.6) is 0 Å². The number of aliphatic carboxylic acids is 1. The van der Waals surface area contributed by atoms with Gasteiger partial charge in [-0.25, -0.2) is 19.2 Å². The predicted octanol–water partition coefficient (Wildman–Crippen LogP) is 4.24. The molecule has 0 heterocycles. The average Bonchev–Trinajstić information content (AvgIpc) is 2.81. The molecule has 0 aliphatic rings. The van der Waals surface area contributed by atoms with Gasteiger partial charge >= 0.3 is 30.3 Å². The van der Waals surface area contributed by atoms with Gasteiger partial charge in [-0.15, -0.1) is 0 Å². The first-order valence-electron chi connectivity index (χ1n) is 11.2. The third kappa shape index (κ3) is 32.6. The molecule has 0 aromatic rings. The van der Waals surface area contributed by atoms with Crippen LogP contribution in [0.3, 0.4) is 0 Å². The Kier molecular flexibility index (Phi) is 45.2. The van der Waals surface area contributed by atoms with Gasteiger partial charge in [0, 0.05) is 32.8 Å². The van der Waals surface area contributed by atoms with Crippen molar-refractivity contribution in [1.29, 1.82) is 0 Å². The van der Waals surface area contributed by atoms with Gasteiger partial charge in [0.05, 0.1) is 19.1 Å². The molecule has 0 spiro atoms. The van der Waals surface area contributed by atoms with E-state index < -0.39 is 42.4 Å². The first-order valence-corrected chi connectivity index (χ1v) is 11.2. The van der Waals surface area contributed by atoms with Crippen LogP contribution < -0.4 is 21.3 Å². The molecule has 15 heteroatoms. The topological polar surface area (TPSA) is 200 Å². The van der Waals surface area contributed by atoms with Crippen LogP contribution in [0, 0.1) is 5.92 Å². The van der Waals surface area contributed by atoms with Crippen LogP contribution in [0.1, 0.15) is 71.8 Å². The van der Waals surface area contributed by atoms with E-state index in [-0.39, 0.29) is 110 Å². The van der Waals surface area contributed by atoms with Gasteiger partial charge in [0.25, 0.3) is 0 Å². The van der Waals surface area contributed by atoms with Crippen molar-refractivity contribution >= 4 is 30.3 Å². The molecule has 0 aliphatic carbocycles. The number of rotatable bonds is 17. The van der Waals surface area contributed by atoms with Crippen molar-refractivity contribution in [2.24, 2.45) is 5.92 Å². The zero-order chi connectivity index (χ0) is 26.5. The van der Waals surface area contributed by atoms with E-state index in [0.29, 0.717) is 0 Å². The molecule has 0 radical (unpaired) electrons. The van der Waals surface area contributed by atoms with Crippen LogP contribution in [0.4, 0.5) is 19.2 Å². The Morgan fingerprint density at radius 1 is 0.610 bits per heavy atom. The fourth-order valence-corrected chi connectivity index (χ4v) is 2.14. The van der Waals surface area contributed by atoms with Crippen LogP contribution in [0.15, 0.2) is 0 Å². The number of carbonyl (C=O) groups excluding carboxylic acids is 4. The Morgan fingerprint density at radius 2 is 0.927 bits per heavy atom. The Hall–Kier alpha value is -3.49. The molecule has 4 amide bonds. The van der Waals surface area contributed by atoms with Gasteiger partial charge in [-0.1, -0.05) is 51.5 Å². The highest BCUT2D eigenvalue weighted by Gasteiger charge is 2.18. The van der Waals surface area contributed by atoms with Crippen molar-refractivity contribution in [2.75, 3.05) is 59.2 Å². The van der Waals surface area contributed by atoms with Crippen molar-refractivity contribution < 1.29 is 52.8 Å². The Balaban J connectivity index is -0.000000385. The maximum absolute atomic E-state index is 11.8. The lowest BCUT2D eigenvalue weighted by Crippen LogP contribution is -2.38. The zero-order valence-corrected chi connectivity index (χ0v) is 20.3. The number of carboxylic acid groups (broad SMARTS) is 1. The Bertz CT molecular complexity index is 625. The first-order chi connectivity index (χ1) is 16.7. The Labute approximate surface area is 247 Å². The summed E-state index contributed by atoms with van der Waals surface area (Å²) in [4.78, 5) is 56.9. The second-order valence-corrected chi connectivity index (χ2v) is 6.87. The molecule has 41 heavy (non-hydrogen) atoms. The predicted molar refractivity (Wildman–Crippen MR) is 160 cm³/mol. The monoisotopic (exact) mass is 604 g/mol. The van der Waals surface area contributed by atoms with Crippen LogP contribution in [0.2, 0.25) is 0 Å². The van der Waals surface area contributed by atoms with E-state index >= 15 is 0 Å². The number of ether oxygens (including phenoxy) is 5. The SMILES string of the molecule is C.C.C.C.C.C.CCOC(=O)NCCNC(=O)OCC(COC(=O)NCCNC(=O)OCC)OCCC(C)C(=O)O. The van der Waals surface area contributed by atoms with Gasteiger partial charge in [-0.2, -0.15) is 0 Å². The summed E-state index contributed by atoms with van der Waals surface area (Å²) in [5.41, 5.74) is 0. The van der Waals surface area contributed by atoms with Crippen molar-refractivity contribution in [3.05, 3.63) is 0 Å². The second kappa shape index (κ2) is 34.5. The highest BCUT2D eigenvalue weighted by atomic mass is 16.6. The third-order valence-corrected chi connectivity index (χ3v) is 4.00. The lowest BCUT2D eigenvalue weighted by Gasteiger charge is -2.19. The smallest absolute Gasteiger partial charge is 0.407 e. The molecule has 0 rings (SSSR count). The minimum absolute atomic E-state index is 0. The maximum atomic E-state index is 11.8. The zero-order valence-electron chi connectivity index (χ0n) is 20.3. The van der Waals surface area contributed by atoms with Gasteiger partial charge in [-0.05, 0) is 20.3 Å². The lowest BCUT2D eigenvalue weighted by molar-refractivity contribution is -0.142. The fraction of sp³-hybridized carbons (Fsp3) is 0.808. The van der Waals surface area contributed by atoms with Crippen molar-refractivity contribution in [3.63, 3.8) is 0 Å². The quantitative estimate of drug-likeness (QED) is 0.117. The molecule has 5 N–H and O–H groups in total. The summed E-state index contributed by atoms with van der Waals surface area (Å²) < 4.78 is 24.9. The molecule has 0 aromatic carbocycles. The van der Waals surface area contributed by atoms with Gasteiger partial charge in [0.15, 0.2) is 0 Å². The van der Waals surface area contributed by atoms with Gasteiger partial charge in [-0.3, -0.25) is 4.79 Å². The van der Waals surface area contributed by atoms with E-state index in [1.165, 1.54) is 6.92 Å². The average molecular weight is 605 g/mol. The van der Waals surface area contributed by atoms with E-state index in [1.807, 2.05) is 0 Å². The van der Waals surface area contributed by atoms with Gasteiger partial charge in [0.1, 0.15) is 19.3 Å². The summed E-state index contributed by atoms with van der Waals surface area (Å²) in [6.07, 6.45) is -3.47. The van der Waals surface area contributed by atoms with Crippen molar-refractivity contribution in [2.45, 2.75) is 77.9 Å². The van der Waals surface area contributed by atoms with E-state index in [0.717, 1.165) is 0 Å². The summed E-state index contributed by atoms with van der Waals surface area (Å²) in [5, 5.41) is 18.6. The molecular weight excluding hydrogens is 544 g/mol. The Morgan fingerprint density at radius 3 is 1.22 bits per heavy atom. The van der Waals surface area contributed by atoms with Gasteiger partial charge in [0.2, 0.25) is 0 Å². The molecule has 0 fully saturated rings. The van der Waals surface area contributed by atoms with Crippen LogP contribution in [-0.2, 0) is 28.5 Å². The molecule has 0 saturated carbocycles. The molecule has 0 saturated heterocycles. The largest absolute Gasteiger partial charge is 0.481 e. The van der Waals surface area contributed by atoms with Gasteiger partial charge < -0.3 is 50.1 Å². The molecule has 0 bridgehead atoms. The number of hydrogen-bond acceptors (Lipinski definition) is 10. The van der Waals surface area contributed by atoms with Crippen LogP contribution in [-0.4, -0.2) is 101 Å². The van der Waals surface area contributed by atoms with Crippen molar-refractivity contribution in [1.82, 2.24) is 21.3 Å². The van der Waals surface area contributed by atoms with Crippen LogP contribution >= 0.6 is 0 Å². The molecule has 0 aliphatic heterocycles. The number of carboxylic acids is 1. The van der Waals surface area contributed by atoms with E-state index in [4.69, 9.17) is 19.3 Å². The highest BCUT2D eigenvalue weighted by molar-refractivity contribution is 5.70. The van der Waals surface area contributed by atoms with Crippen LogP contribution in [0.25, 0.3) is 0 Å². The normalized spacial score (nSPS) is 9.46. The lowest BCUT2D eigenvalue weighted by atomic mass is 10.1. The molecule has 15 nitrogen and oxygen atoms in total. The summed E-state index contributed by atoms with van der Waals surface area (Å²) in [7, 11) is 0. The number of amides is 4. The third-order valence-electron chi connectivity index (χ3n) is 4.00. The maximum Gasteiger partial charge on any atom is 0.407 e. The van der Waals surface area contributed by atoms with E-state index in [1.54, 1.807) is 13.8 Å². The number of hydrogen-bond donors (Lipinski definition) is 5. The molecule has 250 valence electrons. The van der Waals surface area contributed by atoms with E-state index in [2.05, 4.69) is 30.7 Å². The second-order valence-electron chi connectivity index (χ2n) is 6.87. The first kappa shape index (κ1) is 53.7. The number of alkyl carbamates (subject to hydrolysis) is 4. The molecule has 1 unspecified atom stereocenters. The number of carbonyl (C=O) groups is 5.